The molecule has 4 heteroatoms. The summed E-state index contributed by atoms with van der Waals surface area (Å²) in [4.78, 5) is 5.45. The average Bonchev–Trinajstić information content (AvgIpc) is 1.58. The maximum absolute atomic E-state index is 2.78. The third-order valence-electron chi connectivity index (χ3n) is 26.6. The Labute approximate surface area is 631 Å². The van der Waals surface area contributed by atoms with Gasteiger partial charge in [0.05, 0.1) is 33.0 Å². The number of nitrogens with zero attached hydrogens (tertiary/aromatic N) is 3. The maximum atomic E-state index is 2.78. The number of anilines is 6. The molecule has 18 aromatic rings. The zero-order valence-corrected chi connectivity index (χ0v) is 59.2. The molecule has 0 saturated heterocycles. The minimum atomic E-state index is -0.627. The van der Waals surface area contributed by atoms with Crippen molar-refractivity contribution in [3.63, 3.8) is 0 Å². The quantitative estimate of drug-likeness (QED) is 0.163. The molecule has 0 bridgehead atoms. The van der Waals surface area contributed by atoms with Gasteiger partial charge in [0.2, 0.25) is 0 Å². The fourth-order valence-corrected chi connectivity index (χ4v) is 22.8. The molecule has 1 aromatic heterocycles. The van der Waals surface area contributed by atoms with Crippen LogP contribution in [-0.4, -0.2) is 11.3 Å². The van der Waals surface area contributed by atoms with Crippen LogP contribution in [-0.2, 0) is 16.2 Å². The number of hydrogen-bond acceptors (Lipinski definition) is 2. The van der Waals surface area contributed by atoms with Crippen LogP contribution in [0.25, 0.3) is 105 Å². The van der Waals surface area contributed by atoms with Crippen LogP contribution in [0, 0.1) is 0 Å². The molecule has 26 rings (SSSR count). The second-order valence-electron chi connectivity index (χ2n) is 31.1. The molecule has 3 nitrogen and oxygen atoms in total. The second kappa shape index (κ2) is 20.8. The highest BCUT2D eigenvalue weighted by Gasteiger charge is 2.58. The van der Waals surface area contributed by atoms with E-state index in [0.29, 0.717) is 0 Å². The van der Waals surface area contributed by atoms with E-state index in [1.54, 1.807) is 0 Å². The molecule has 8 aliphatic rings. The van der Waals surface area contributed by atoms with Crippen molar-refractivity contribution in [3.8, 4) is 83.6 Å². The molecule has 6 aliphatic carbocycles. The minimum absolute atomic E-state index is 0.279. The molecule has 2 aliphatic heterocycles. The zero-order chi connectivity index (χ0) is 70.7. The predicted octanol–water partition coefficient (Wildman–Crippen LogP) is 23.6. The van der Waals surface area contributed by atoms with Crippen molar-refractivity contribution >= 4 is 79.0 Å². The van der Waals surface area contributed by atoms with Gasteiger partial charge in [0.1, 0.15) is 0 Å². The van der Waals surface area contributed by atoms with Crippen molar-refractivity contribution in [1.29, 1.82) is 0 Å². The SMILES string of the molecule is c1ccc(-c2ccc(N3c4cc5c(cc4B4c6ccc7c(c6N(c6ccc8c(c6)-c6ccccc6C86c8ccccc8-c8ccccc86)c6cc(-n8c9ccccc9c9ccccc98)cc3c64)-c3ccccc3C73c4ccccc4-c4ccccc43)C3(c4ccccc4-c4ccccc43)c3ccccc3-5)cc2)cc1. The highest BCUT2D eigenvalue weighted by molar-refractivity contribution is 7.00. The lowest BCUT2D eigenvalue weighted by molar-refractivity contribution is 0.793. The lowest BCUT2D eigenvalue weighted by Crippen LogP contribution is -2.61. The summed E-state index contributed by atoms with van der Waals surface area (Å²) in [6, 6.07) is 146. The molecule has 0 amide bonds. The van der Waals surface area contributed by atoms with Gasteiger partial charge in [-0.25, -0.2) is 0 Å². The minimum Gasteiger partial charge on any atom is -0.311 e. The van der Waals surface area contributed by atoms with Gasteiger partial charge in [-0.15, -0.1) is 0 Å². The third kappa shape index (κ3) is 6.96. The third-order valence-corrected chi connectivity index (χ3v) is 26.6. The number of rotatable bonds is 4. The molecule has 3 heterocycles. The van der Waals surface area contributed by atoms with Crippen molar-refractivity contribution in [3.05, 3.63) is 443 Å². The molecule has 3 spiro atoms. The van der Waals surface area contributed by atoms with Gasteiger partial charge in [-0.2, -0.15) is 0 Å². The van der Waals surface area contributed by atoms with Crippen molar-refractivity contribution < 1.29 is 0 Å². The van der Waals surface area contributed by atoms with Crippen LogP contribution in [0.2, 0.25) is 0 Å². The normalized spacial score (nSPS) is 15.0. The summed E-state index contributed by atoms with van der Waals surface area (Å²) in [7, 11) is 0. The second-order valence-corrected chi connectivity index (χ2v) is 31.1. The predicted molar refractivity (Wildman–Crippen MR) is 449 cm³/mol. The largest absolute Gasteiger partial charge is 0.311 e. The monoisotopic (exact) mass is 1380 g/mol. The van der Waals surface area contributed by atoms with Gasteiger partial charge < -0.3 is 14.4 Å². The van der Waals surface area contributed by atoms with E-state index in [4.69, 9.17) is 0 Å². The first-order chi connectivity index (χ1) is 54.1. The summed E-state index contributed by atoms with van der Waals surface area (Å²) in [5, 5.41) is 2.44. The first-order valence-electron chi connectivity index (χ1n) is 38.4. The van der Waals surface area contributed by atoms with E-state index in [1.807, 2.05) is 0 Å². The van der Waals surface area contributed by atoms with E-state index in [0.717, 1.165) is 39.5 Å². The molecule has 500 valence electrons. The Bertz CT molecular complexity index is 6960. The summed E-state index contributed by atoms with van der Waals surface area (Å²) < 4.78 is 2.57. The van der Waals surface area contributed by atoms with E-state index < -0.39 is 16.2 Å². The number of para-hydroxylation sites is 2. The summed E-state index contributed by atoms with van der Waals surface area (Å²) >= 11 is 0. The lowest BCUT2D eigenvalue weighted by atomic mass is 9.33. The Balaban J connectivity index is 0.838. The van der Waals surface area contributed by atoms with Gasteiger partial charge in [-0.1, -0.05) is 322 Å². The molecule has 0 saturated carbocycles. The number of hydrogen-bond donors (Lipinski definition) is 0. The molecule has 0 N–H and O–H groups in total. The zero-order valence-electron chi connectivity index (χ0n) is 59.2. The van der Waals surface area contributed by atoms with Crippen LogP contribution in [0.4, 0.5) is 34.1 Å². The van der Waals surface area contributed by atoms with Crippen LogP contribution in [0.1, 0.15) is 66.8 Å². The van der Waals surface area contributed by atoms with E-state index in [9.17, 15) is 0 Å². The summed E-state index contributed by atoms with van der Waals surface area (Å²) in [5.41, 5.74) is 46.0. The van der Waals surface area contributed by atoms with Crippen molar-refractivity contribution in [2.75, 3.05) is 9.80 Å². The molecule has 0 unspecified atom stereocenters. The molecule has 0 fully saturated rings. The highest BCUT2D eigenvalue weighted by atomic mass is 15.2. The number of fused-ring (bicyclic) bond motifs is 38. The van der Waals surface area contributed by atoms with Crippen molar-refractivity contribution in [1.82, 2.24) is 4.57 Å². The van der Waals surface area contributed by atoms with Crippen LogP contribution >= 0.6 is 0 Å². The van der Waals surface area contributed by atoms with Gasteiger partial charge in [0.15, 0.2) is 0 Å². The van der Waals surface area contributed by atoms with Crippen molar-refractivity contribution in [2.45, 2.75) is 16.2 Å². The fourth-order valence-electron chi connectivity index (χ4n) is 22.8. The first kappa shape index (κ1) is 58.5. The topological polar surface area (TPSA) is 11.4 Å². The summed E-state index contributed by atoms with van der Waals surface area (Å²) in [6.07, 6.45) is 0. The van der Waals surface area contributed by atoms with Crippen LogP contribution < -0.4 is 26.2 Å². The van der Waals surface area contributed by atoms with E-state index in [-0.39, 0.29) is 6.71 Å². The van der Waals surface area contributed by atoms with Gasteiger partial charge in [-0.3, -0.25) is 0 Å². The molecule has 0 radical (unpaired) electrons. The van der Waals surface area contributed by atoms with Gasteiger partial charge in [0, 0.05) is 50.5 Å². The highest BCUT2D eigenvalue weighted by Crippen LogP contribution is 2.69. The standard InChI is InChI=1S/C105H62BN3/c1-2-26-63(27-3-1)64-50-52-65(53-51-64)107-97-61-80-75-35-11-22-46-88(75)105(85-43-19-8-32-72(85)73-33-9-20-44-86(73)105)92(80)62-94(97)106-93-57-56-91-100(78-38-12-23-47-89(78)104(91)83-41-17-6-30-70(83)71-31-7-18-42-84(71)104)102(93)109(99-60-67(59-98(107)101(99)106)108-95-48-24-13-36-76(95)77-37-14-25-49-96(77)108)66-54-55-90-79(58-66)74-34-10-21-45-87(74)103(90)81-39-15-4-28-68(81)69-29-5-16-40-82(69)103/h1-62H. The Morgan fingerprint density at radius 2 is 0.569 bits per heavy atom. The van der Waals surface area contributed by atoms with Gasteiger partial charge >= 0.3 is 0 Å². The van der Waals surface area contributed by atoms with Crippen molar-refractivity contribution in [2.24, 2.45) is 0 Å². The molecule has 0 atom stereocenters. The van der Waals surface area contributed by atoms with Crippen LogP contribution in [0.3, 0.4) is 0 Å². The average molecular weight is 1380 g/mol. The van der Waals surface area contributed by atoms with E-state index in [1.165, 1.54) is 183 Å². The Morgan fingerprint density at radius 1 is 0.211 bits per heavy atom. The molecular formula is C105H62BN3. The summed E-state index contributed by atoms with van der Waals surface area (Å²) in [6.45, 7) is -0.279. The summed E-state index contributed by atoms with van der Waals surface area (Å²) in [5.74, 6) is 0. The van der Waals surface area contributed by atoms with E-state index >= 15 is 0 Å². The Morgan fingerprint density at radius 3 is 1.06 bits per heavy atom. The Kier molecular flexibility index (Phi) is 11.2. The van der Waals surface area contributed by atoms with Crippen LogP contribution in [0.5, 0.6) is 0 Å². The maximum Gasteiger partial charge on any atom is 0.252 e. The van der Waals surface area contributed by atoms with Crippen LogP contribution in [0.15, 0.2) is 376 Å². The van der Waals surface area contributed by atoms with E-state index in [2.05, 4.69) is 390 Å². The smallest absolute Gasteiger partial charge is 0.252 e. The fraction of sp³-hybridized carbons (Fsp3) is 0.0286. The lowest BCUT2D eigenvalue weighted by Gasteiger charge is -2.46. The number of benzene rings is 17. The molecule has 109 heavy (non-hydrogen) atoms. The van der Waals surface area contributed by atoms with Gasteiger partial charge in [-0.05, 0) is 210 Å². The number of aromatic nitrogens is 1. The first-order valence-corrected chi connectivity index (χ1v) is 38.4. The molecular weight excluding hydrogens is 1310 g/mol. The Hall–Kier alpha value is -13.8. The van der Waals surface area contributed by atoms with Gasteiger partial charge in [0.25, 0.3) is 6.71 Å². The molecule has 17 aromatic carbocycles.